The number of carbonyl (C=O) groups excluding carboxylic acids is 2. The van der Waals surface area contributed by atoms with Gasteiger partial charge < -0.3 is 9.88 Å². The molecule has 0 aliphatic heterocycles. The van der Waals surface area contributed by atoms with E-state index in [1.165, 1.54) is 0 Å². The van der Waals surface area contributed by atoms with E-state index in [0.717, 1.165) is 28.0 Å². The van der Waals surface area contributed by atoms with E-state index in [2.05, 4.69) is 5.32 Å². The van der Waals surface area contributed by atoms with Gasteiger partial charge in [0, 0.05) is 24.1 Å². The van der Waals surface area contributed by atoms with Crippen LogP contribution in [-0.2, 0) is 13.0 Å². The predicted octanol–water partition coefficient (Wildman–Crippen LogP) is 4.51. The maximum Gasteiger partial charge on any atom is 0.251 e. The van der Waals surface area contributed by atoms with Gasteiger partial charge in [-0.25, -0.2) is 4.98 Å². The van der Waals surface area contributed by atoms with Crippen molar-refractivity contribution in [2.24, 2.45) is 0 Å². The highest BCUT2D eigenvalue weighted by Gasteiger charge is 2.15. The number of nitrogens with zero attached hydrogens (tertiary/aromatic N) is 2. The van der Waals surface area contributed by atoms with E-state index in [-0.39, 0.29) is 18.2 Å². The van der Waals surface area contributed by atoms with E-state index < -0.39 is 0 Å². The van der Waals surface area contributed by atoms with Gasteiger partial charge in [0.2, 0.25) is 0 Å². The standard InChI is InChI=1S/C26H25N3O2/c1-18-12-13-21(19(2)16-18)26(31)27-15-14-25-28-22-10-6-7-11-23(22)29(25)17-24(30)20-8-4-3-5-9-20/h3-13,16H,14-15,17H2,1-2H3,(H,27,31). The van der Waals surface area contributed by atoms with Crippen LogP contribution in [0.3, 0.4) is 0 Å². The van der Waals surface area contributed by atoms with Crippen molar-refractivity contribution < 1.29 is 9.59 Å². The van der Waals surface area contributed by atoms with Crippen LogP contribution in [0, 0.1) is 13.8 Å². The largest absolute Gasteiger partial charge is 0.352 e. The predicted molar refractivity (Wildman–Crippen MR) is 122 cm³/mol. The molecule has 3 aromatic carbocycles. The Labute approximate surface area is 181 Å². The second kappa shape index (κ2) is 8.96. The molecule has 0 aliphatic rings. The van der Waals surface area contributed by atoms with Crippen LogP contribution in [0.2, 0.25) is 0 Å². The molecule has 0 atom stereocenters. The Bertz CT molecular complexity index is 1240. The third kappa shape index (κ3) is 4.56. The molecule has 156 valence electrons. The summed E-state index contributed by atoms with van der Waals surface area (Å²) in [6.45, 7) is 4.60. The lowest BCUT2D eigenvalue weighted by atomic mass is 10.1. The number of Topliss-reactive ketones (excluding diaryl/α,β-unsaturated/α-hetero) is 1. The number of aryl methyl sites for hydroxylation is 2. The summed E-state index contributed by atoms with van der Waals surface area (Å²) in [5, 5.41) is 2.99. The highest BCUT2D eigenvalue weighted by atomic mass is 16.1. The average molecular weight is 412 g/mol. The van der Waals surface area contributed by atoms with Gasteiger partial charge in [0.1, 0.15) is 5.82 Å². The lowest BCUT2D eigenvalue weighted by Crippen LogP contribution is -2.27. The van der Waals surface area contributed by atoms with Crippen LogP contribution in [0.15, 0.2) is 72.8 Å². The van der Waals surface area contributed by atoms with Crippen molar-refractivity contribution in [3.63, 3.8) is 0 Å². The molecule has 4 aromatic rings. The highest BCUT2D eigenvalue weighted by Crippen LogP contribution is 2.18. The van der Waals surface area contributed by atoms with Crippen LogP contribution in [0.1, 0.15) is 37.7 Å². The van der Waals surface area contributed by atoms with Crippen molar-refractivity contribution in [3.8, 4) is 0 Å². The van der Waals surface area contributed by atoms with E-state index in [9.17, 15) is 9.59 Å². The van der Waals surface area contributed by atoms with E-state index in [1.807, 2.05) is 91.2 Å². The zero-order chi connectivity index (χ0) is 21.8. The van der Waals surface area contributed by atoms with Gasteiger partial charge in [-0.15, -0.1) is 0 Å². The zero-order valence-corrected chi connectivity index (χ0v) is 17.8. The number of hydrogen-bond acceptors (Lipinski definition) is 3. The second-order valence-corrected chi connectivity index (χ2v) is 7.72. The first-order valence-corrected chi connectivity index (χ1v) is 10.4. The number of fused-ring (bicyclic) bond motifs is 1. The summed E-state index contributed by atoms with van der Waals surface area (Å²) >= 11 is 0. The first-order valence-electron chi connectivity index (χ1n) is 10.4. The van der Waals surface area contributed by atoms with Gasteiger partial charge in [0.25, 0.3) is 5.91 Å². The first kappa shape index (κ1) is 20.5. The number of nitrogens with one attached hydrogen (secondary N) is 1. The Hall–Kier alpha value is -3.73. The fourth-order valence-corrected chi connectivity index (χ4v) is 3.80. The monoisotopic (exact) mass is 411 g/mol. The minimum absolute atomic E-state index is 0.0318. The highest BCUT2D eigenvalue weighted by molar-refractivity contribution is 5.97. The third-order valence-electron chi connectivity index (χ3n) is 5.39. The summed E-state index contributed by atoms with van der Waals surface area (Å²) in [6, 6.07) is 22.9. The number of para-hydroxylation sites is 2. The maximum absolute atomic E-state index is 12.8. The molecular weight excluding hydrogens is 386 g/mol. The molecule has 1 amide bonds. The lowest BCUT2D eigenvalue weighted by Gasteiger charge is -2.11. The van der Waals surface area contributed by atoms with Crippen LogP contribution in [0.5, 0.6) is 0 Å². The van der Waals surface area contributed by atoms with Gasteiger partial charge in [0.05, 0.1) is 17.6 Å². The smallest absolute Gasteiger partial charge is 0.251 e. The number of carbonyl (C=O) groups is 2. The summed E-state index contributed by atoms with van der Waals surface area (Å²) in [5.41, 5.74) is 5.21. The Morgan fingerprint density at radius 2 is 1.68 bits per heavy atom. The average Bonchev–Trinajstić information content (AvgIpc) is 3.11. The minimum atomic E-state index is -0.0967. The topological polar surface area (TPSA) is 64.0 Å². The maximum atomic E-state index is 12.8. The van der Waals surface area contributed by atoms with Crippen molar-refractivity contribution in [1.29, 1.82) is 0 Å². The third-order valence-corrected chi connectivity index (χ3v) is 5.39. The molecular formula is C26H25N3O2. The van der Waals surface area contributed by atoms with Crippen molar-refractivity contribution in [1.82, 2.24) is 14.9 Å². The molecule has 5 heteroatoms. The summed E-state index contributed by atoms with van der Waals surface area (Å²) in [4.78, 5) is 30.1. The summed E-state index contributed by atoms with van der Waals surface area (Å²) in [7, 11) is 0. The molecule has 0 saturated carbocycles. The SMILES string of the molecule is Cc1ccc(C(=O)NCCc2nc3ccccc3n2CC(=O)c2ccccc2)c(C)c1. The van der Waals surface area contributed by atoms with Gasteiger partial charge in [-0.2, -0.15) is 0 Å². The van der Waals surface area contributed by atoms with Crippen LogP contribution in [-0.4, -0.2) is 27.8 Å². The van der Waals surface area contributed by atoms with Gasteiger partial charge in [-0.1, -0.05) is 60.2 Å². The quantitative estimate of drug-likeness (QED) is 0.455. The molecule has 1 aromatic heterocycles. The van der Waals surface area contributed by atoms with E-state index in [0.29, 0.717) is 24.1 Å². The van der Waals surface area contributed by atoms with Gasteiger partial charge in [0.15, 0.2) is 5.78 Å². The number of benzene rings is 3. The molecule has 5 nitrogen and oxygen atoms in total. The van der Waals surface area contributed by atoms with Gasteiger partial charge in [-0.05, 0) is 37.6 Å². The molecule has 0 aliphatic carbocycles. The number of amides is 1. The van der Waals surface area contributed by atoms with E-state index in [1.54, 1.807) is 0 Å². The fraction of sp³-hybridized carbons (Fsp3) is 0.192. The first-order chi connectivity index (χ1) is 15.0. The summed E-state index contributed by atoms with van der Waals surface area (Å²) in [5.74, 6) is 0.719. The van der Waals surface area contributed by atoms with Gasteiger partial charge in [-0.3, -0.25) is 9.59 Å². The van der Waals surface area contributed by atoms with Crippen LogP contribution in [0.25, 0.3) is 11.0 Å². The number of aromatic nitrogens is 2. The van der Waals surface area contributed by atoms with Crippen LogP contribution in [0.4, 0.5) is 0 Å². The molecule has 0 unspecified atom stereocenters. The molecule has 1 heterocycles. The van der Waals surface area contributed by atoms with Crippen molar-refractivity contribution in [2.75, 3.05) is 6.54 Å². The molecule has 31 heavy (non-hydrogen) atoms. The Morgan fingerprint density at radius 3 is 2.45 bits per heavy atom. The summed E-state index contributed by atoms with van der Waals surface area (Å²) in [6.07, 6.45) is 0.535. The zero-order valence-electron chi connectivity index (χ0n) is 17.8. The lowest BCUT2D eigenvalue weighted by molar-refractivity contribution is 0.0948. The Kier molecular flexibility index (Phi) is 5.94. The summed E-state index contributed by atoms with van der Waals surface area (Å²) < 4.78 is 1.95. The minimum Gasteiger partial charge on any atom is -0.352 e. The molecule has 0 saturated heterocycles. The number of imidazole rings is 1. The van der Waals surface area contributed by atoms with Crippen LogP contribution < -0.4 is 5.32 Å². The molecule has 4 rings (SSSR count). The molecule has 0 radical (unpaired) electrons. The van der Waals surface area contributed by atoms with Crippen molar-refractivity contribution in [2.45, 2.75) is 26.8 Å². The Balaban J connectivity index is 1.51. The van der Waals surface area contributed by atoms with Gasteiger partial charge >= 0.3 is 0 Å². The van der Waals surface area contributed by atoms with Crippen molar-refractivity contribution >= 4 is 22.7 Å². The van der Waals surface area contributed by atoms with Crippen molar-refractivity contribution in [3.05, 3.63) is 101 Å². The molecule has 1 N–H and O–H groups in total. The van der Waals surface area contributed by atoms with Crippen LogP contribution >= 0.6 is 0 Å². The van der Waals surface area contributed by atoms with E-state index >= 15 is 0 Å². The number of ketones is 1. The van der Waals surface area contributed by atoms with E-state index in [4.69, 9.17) is 4.98 Å². The number of rotatable bonds is 7. The second-order valence-electron chi connectivity index (χ2n) is 7.72. The molecule has 0 spiro atoms. The number of hydrogen-bond donors (Lipinski definition) is 1. The Morgan fingerprint density at radius 1 is 0.935 bits per heavy atom. The molecule has 0 bridgehead atoms. The normalized spacial score (nSPS) is 10.9. The fourth-order valence-electron chi connectivity index (χ4n) is 3.80. The molecule has 0 fully saturated rings.